The molecule has 112 valence electrons. The third kappa shape index (κ3) is 3.60. The molecule has 1 amide bonds. The van der Waals surface area contributed by atoms with E-state index in [0.29, 0.717) is 19.5 Å². The second-order valence-electron chi connectivity index (χ2n) is 5.61. The maximum Gasteiger partial charge on any atom is 0.247 e. The summed E-state index contributed by atoms with van der Waals surface area (Å²) in [5, 5.41) is 8.61. The Labute approximate surface area is 125 Å². The van der Waals surface area contributed by atoms with Crippen molar-refractivity contribution in [1.82, 2.24) is 9.80 Å². The second-order valence-corrected chi connectivity index (χ2v) is 5.61. The molecule has 1 aliphatic rings. The average Bonchev–Trinajstić information content (AvgIpc) is 2.53. The summed E-state index contributed by atoms with van der Waals surface area (Å²) in [5.74, 6) is -0.0337. The Morgan fingerprint density at radius 1 is 1.29 bits per heavy atom. The van der Waals surface area contributed by atoms with Crippen LogP contribution in [-0.2, 0) is 10.3 Å². The summed E-state index contributed by atoms with van der Waals surface area (Å²) >= 11 is 0. The number of carbonyl (C=O) groups excluding carboxylic acids is 1. The Balaban J connectivity index is 1.97. The summed E-state index contributed by atoms with van der Waals surface area (Å²) in [6.45, 7) is 5.49. The Hall–Kier alpha value is -1.90. The quantitative estimate of drug-likeness (QED) is 0.893. The van der Waals surface area contributed by atoms with Gasteiger partial charge in [-0.15, -0.1) is 0 Å². The number of hydrogen-bond acceptors (Lipinski definition) is 4. The molecule has 0 radical (unpaired) electrons. The number of piperazine rings is 1. The number of amides is 1. The van der Waals surface area contributed by atoms with Gasteiger partial charge in [0.2, 0.25) is 5.91 Å². The zero-order valence-electron chi connectivity index (χ0n) is 12.5. The maximum absolute atomic E-state index is 12.7. The van der Waals surface area contributed by atoms with Crippen molar-refractivity contribution in [2.24, 2.45) is 5.73 Å². The van der Waals surface area contributed by atoms with Crippen molar-refractivity contribution >= 4 is 5.91 Å². The second kappa shape index (κ2) is 6.70. The molecule has 2 N–H and O–H groups in total. The Bertz CT molecular complexity index is 513. The van der Waals surface area contributed by atoms with E-state index in [-0.39, 0.29) is 5.91 Å². The first-order chi connectivity index (χ1) is 10.1. The molecule has 1 aromatic rings. The van der Waals surface area contributed by atoms with Crippen LogP contribution in [0.25, 0.3) is 0 Å². The van der Waals surface area contributed by atoms with E-state index in [1.807, 2.05) is 35.2 Å². The van der Waals surface area contributed by atoms with Gasteiger partial charge in [-0.3, -0.25) is 9.69 Å². The zero-order valence-corrected chi connectivity index (χ0v) is 12.5. The van der Waals surface area contributed by atoms with Gasteiger partial charge in [0.25, 0.3) is 0 Å². The number of nitriles is 1. The number of rotatable bonds is 4. The van der Waals surface area contributed by atoms with Gasteiger partial charge < -0.3 is 10.6 Å². The van der Waals surface area contributed by atoms with E-state index in [4.69, 9.17) is 11.0 Å². The first-order valence-corrected chi connectivity index (χ1v) is 7.29. The van der Waals surface area contributed by atoms with E-state index in [2.05, 4.69) is 11.0 Å². The lowest BCUT2D eigenvalue weighted by Crippen LogP contribution is -2.56. The number of nitrogens with two attached hydrogens (primary N) is 1. The van der Waals surface area contributed by atoms with Gasteiger partial charge in [-0.1, -0.05) is 30.3 Å². The fourth-order valence-corrected chi connectivity index (χ4v) is 2.62. The van der Waals surface area contributed by atoms with Crippen molar-refractivity contribution in [2.45, 2.75) is 18.9 Å². The molecule has 0 saturated carbocycles. The summed E-state index contributed by atoms with van der Waals surface area (Å²) in [6, 6.07) is 11.6. The maximum atomic E-state index is 12.7. The van der Waals surface area contributed by atoms with Gasteiger partial charge in [-0.25, -0.2) is 0 Å². The number of hydrogen-bond donors (Lipinski definition) is 1. The monoisotopic (exact) mass is 286 g/mol. The van der Waals surface area contributed by atoms with E-state index >= 15 is 0 Å². The van der Waals surface area contributed by atoms with Crippen molar-refractivity contribution in [3.63, 3.8) is 0 Å². The van der Waals surface area contributed by atoms with Crippen molar-refractivity contribution in [1.29, 1.82) is 5.26 Å². The predicted octanol–water partition coefficient (Wildman–Crippen LogP) is 0.918. The van der Waals surface area contributed by atoms with Crippen LogP contribution in [0.4, 0.5) is 0 Å². The standard InChI is InChI=1S/C16H22N4O/c1-16(18,14-6-3-2-4-7-14)15(21)20-12-10-19(11-13-20)9-5-8-17/h2-4,6-7H,5,9-13,18H2,1H3. The highest BCUT2D eigenvalue weighted by molar-refractivity contribution is 5.87. The topological polar surface area (TPSA) is 73.4 Å². The van der Waals surface area contributed by atoms with E-state index in [9.17, 15) is 4.79 Å². The summed E-state index contributed by atoms with van der Waals surface area (Å²) in [6.07, 6.45) is 0.534. The van der Waals surface area contributed by atoms with Crippen LogP contribution in [0.3, 0.4) is 0 Å². The fraction of sp³-hybridized carbons (Fsp3) is 0.500. The van der Waals surface area contributed by atoms with Gasteiger partial charge in [-0.2, -0.15) is 5.26 Å². The molecule has 1 aromatic carbocycles. The molecule has 0 bridgehead atoms. The first-order valence-electron chi connectivity index (χ1n) is 7.29. The Morgan fingerprint density at radius 2 is 1.90 bits per heavy atom. The van der Waals surface area contributed by atoms with Crippen molar-refractivity contribution in [2.75, 3.05) is 32.7 Å². The van der Waals surface area contributed by atoms with Gasteiger partial charge >= 0.3 is 0 Å². The zero-order chi connectivity index (χ0) is 15.3. The van der Waals surface area contributed by atoms with Crippen LogP contribution in [0.2, 0.25) is 0 Å². The van der Waals surface area contributed by atoms with Crippen molar-refractivity contribution in [3.8, 4) is 6.07 Å². The summed E-state index contributed by atoms with van der Waals surface area (Å²) < 4.78 is 0. The molecule has 21 heavy (non-hydrogen) atoms. The smallest absolute Gasteiger partial charge is 0.247 e. The lowest BCUT2D eigenvalue weighted by molar-refractivity contribution is -0.138. The van der Waals surface area contributed by atoms with Crippen LogP contribution in [-0.4, -0.2) is 48.4 Å². The van der Waals surface area contributed by atoms with Crippen molar-refractivity contribution in [3.05, 3.63) is 35.9 Å². The number of nitrogens with zero attached hydrogens (tertiary/aromatic N) is 3. The molecule has 0 spiro atoms. The Kier molecular flexibility index (Phi) is 4.94. The van der Waals surface area contributed by atoms with Gasteiger partial charge in [-0.05, 0) is 12.5 Å². The molecule has 1 unspecified atom stereocenters. The minimum Gasteiger partial charge on any atom is -0.338 e. The van der Waals surface area contributed by atoms with Crippen LogP contribution < -0.4 is 5.73 Å². The number of benzene rings is 1. The summed E-state index contributed by atoms with van der Waals surface area (Å²) in [7, 11) is 0. The van der Waals surface area contributed by atoms with E-state index in [1.54, 1.807) is 6.92 Å². The minimum absolute atomic E-state index is 0.0337. The van der Waals surface area contributed by atoms with Gasteiger partial charge in [0.1, 0.15) is 5.54 Å². The third-order valence-corrected chi connectivity index (χ3v) is 4.02. The Morgan fingerprint density at radius 3 is 2.48 bits per heavy atom. The van der Waals surface area contributed by atoms with Crippen LogP contribution >= 0.6 is 0 Å². The first kappa shape index (κ1) is 15.5. The number of carbonyl (C=O) groups is 1. The molecule has 1 fully saturated rings. The molecule has 5 heteroatoms. The van der Waals surface area contributed by atoms with E-state index < -0.39 is 5.54 Å². The highest BCUT2D eigenvalue weighted by Crippen LogP contribution is 2.21. The average molecular weight is 286 g/mol. The van der Waals surface area contributed by atoms with E-state index in [0.717, 1.165) is 25.2 Å². The molecular formula is C16H22N4O. The van der Waals surface area contributed by atoms with Crippen molar-refractivity contribution < 1.29 is 4.79 Å². The molecule has 1 saturated heterocycles. The van der Waals surface area contributed by atoms with Crippen LogP contribution in [0.5, 0.6) is 0 Å². The molecule has 1 heterocycles. The molecular weight excluding hydrogens is 264 g/mol. The normalized spacial score (nSPS) is 18.8. The highest BCUT2D eigenvalue weighted by atomic mass is 16.2. The largest absolute Gasteiger partial charge is 0.338 e. The van der Waals surface area contributed by atoms with Crippen LogP contribution in [0.15, 0.2) is 30.3 Å². The lowest BCUT2D eigenvalue weighted by atomic mass is 9.91. The fourth-order valence-electron chi connectivity index (χ4n) is 2.62. The molecule has 1 atom stereocenters. The van der Waals surface area contributed by atoms with Crippen LogP contribution in [0.1, 0.15) is 18.9 Å². The molecule has 5 nitrogen and oxygen atoms in total. The minimum atomic E-state index is -0.990. The van der Waals surface area contributed by atoms with Gasteiger partial charge in [0, 0.05) is 39.1 Å². The SMILES string of the molecule is CC(N)(C(=O)N1CCN(CCC#N)CC1)c1ccccc1. The molecule has 1 aliphatic heterocycles. The summed E-state index contributed by atoms with van der Waals surface area (Å²) in [5.41, 5.74) is 6.12. The van der Waals surface area contributed by atoms with Crippen LogP contribution in [0, 0.1) is 11.3 Å². The molecule has 0 aliphatic carbocycles. The molecule has 2 rings (SSSR count). The predicted molar refractivity (Wildman–Crippen MR) is 81.2 cm³/mol. The summed E-state index contributed by atoms with van der Waals surface area (Å²) in [4.78, 5) is 16.7. The third-order valence-electron chi connectivity index (χ3n) is 4.02. The lowest BCUT2D eigenvalue weighted by Gasteiger charge is -2.38. The highest BCUT2D eigenvalue weighted by Gasteiger charge is 2.35. The van der Waals surface area contributed by atoms with E-state index in [1.165, 1.54) is 0 Å². The molecule has 0 aromatic heterocycles. The van der Waals surface area contributed by atoms with Gasteiger partial charge in [0.15, 0.2) is 0 Å². The van der Waals surface area contributed by atoms with Gasteiger partial charge in [0.05, 0.1) is 6.07 Å².